The van der Waals surface area contributed by atoms with Crippen molar-refractivity contribution in [1.29, 1.82) is 0 Å². The highest BCUT2D eigenvalue weighted by Crippen LogP contribution is 2.46. The Labute approximate surface area is 123 Å². The maximum absolute atomic E-state index is 12.1. The predicted molar refractivity (Wildman–Crippen MR) is 83.0 cm³/mol. The van der Waals surface area contributed by atoms with Crippen molar-refractivity contribution in [3.8, 4) is 0 Å². The summed E-state index contributed by atoms with van der Waals surface area (Å²) in [6.07, 6.45) is 4.15. The molecule has 0 aliphatic heterocycles. The van der Waals surface area contributed by atoms with Crippen LogP contribution in [0.1, 0.15) is 18.4 Å². The largest absolute Gasteiger partial charge is 0.389 e. The molecular weight excluding hydrogens is 300 g/mol. The van der Waals surface area contributed by atoms with Crippen LogP contribution in [0.4, 0.5) is 0 Å². The van der Waals surface area contributed by atoms with Gasteiger partial charge in [0.1, 0.15) is 4.99 Å². The van der Waals surface area contributed by atoms with Crippen molar-refractivity contribution in [2.75, 3.05) is 12.8 Å². The fraction of sp³-hybridized carbons (Fsp3) is 0.417. The fourth-order valence-corrected chi connectivity index (χ4v) is 3.78. The summed E-state index contributed by atoms with van der Waals surface area (Å²) in [6.45, 7) is 0.480. The van der Waals surface area contributed by atoms with Crippen LogP contribution in [0, 0.1) is 0 Å². The van der Waals surface area contributed by atoms with E-state index < -0.39 is 10.0 Å². The van der Waals surface area contributed by atoms with E-state index in [4.69, 9.17) is 18.0 Å². The number of sulfonamides is 1. The molecule has 0 aromatic heterocycles. The van der Waals surface area contributed by atoms with Crippen molar-refractivity contribution < 1.29 is 8.42 Å². The van der Waals surface area contributed by atoms with Gasteiger partial charge in [0, 0.05) is 16.9 Å². The van der Waals surface area contributed by atoms with Gasteiger partial charge in [-0.05, 0) is 31.2 Å². The van der Waals surface area contributed by atoms with Crippen LogP contribution in [0.15, 0.2) is 29.2 Å². The van der Waals surface area contributed by atoms with Gasteiger partial charge in [-0.25, -0.2) is 13.1 Å². The zero-order valence-corrected chi connectivity index (χ0v) is 13.0. The van der Waals surface area contributed by atoms with E-state index in [1.165, 1.54) is 12.1 Å². The standard InChI is InChI=1S/C12H16N2O2S3/c1-18-12(6-7-12)8-14-19(15,16)10-4-2-9(3-5-10)11(13)17/h2-5,14H,6-8H2,1H3,(H2,13,17). The topological polar surface area (TPSA) is 72.2 Å². The van der Waals surface area contributed by atoms with E-state index in [0.717, 1.165) is 12.8 Å². The van der Waals surface area contributed by atoms with Crippen molar-refractivity contribution in [3.63, 3.8) is 0 Å². The Kier molecular flexibility index (Phi) is 4.20. The minimum Gasteiger partial charge on any atom is -0.389 e. The molecule has 0 spiro atoms. The van der Waals surface area contributed by atoms with Gasteiger partial charge in [0.05, 0.1) is 4.90 Å². The van der Waals surface area contributed by atoms with E-state index >= 15 is 0 Å². The number of hydrogen-bond donors (Lipinski definition) is 2. The van der Waals surface area contributed by atoms with Gasteiger partial charge in [0.25, 0.3) is 0 Å². The maximum Gasteiger partial charge on any atom is 0.240 e. The molecule has 19 heavy (non-hydrogen) atoms. The smallest absolute Gasteiger partial charge is 0.240 e. The lowest BCUT2D eigenvalue weighted by Gasteiger charge is -2.13. The molecule has 104 valence electrons. The van der Waals surface area contributed by atoms with Gasteiger partial charge in [-0.2, -0.15) is 11.8 Å². The second-order valence-electron chi connectivity index (χ2n) is 4.60. The first-order chi connectivity index (χ1) is 8.88. The highest BCUT2D eigenvalue weighted by Gasteiger charge is 2.42. The van der Waals surface area contributed by atoms with Crippen molar-refractivity contribution in [1.82, 2.24) is 4.72 Å². The highest BCUT2D eigenvalue weighted by atomic mass is 32.2. The summed E-state index contributed by atoms with van der Waals surface area (Å²) in [5, 5.41) is 0. The predicted octanol–water partition coefficient (Wildman–Crippen LogP) is 1.49. The number of nitrogens with one attached hydrogen (secondary N) is 1. The summed E-state index contributed by atoms with van der Waals surface area (Å²) >= 11 is 6.55. The molecule has 1 aliphatic rings. The summed E-state index contributed by atoms with van der Waals surface area (Å²) in [7, 11) is -3.45. The number of rotatable bonds is 6. The lowest BCUT2D eigenvalue weighted by molar-refractivity contribution is 0.580. The van der Waals surface area contributed by atoms with Crippen molar-refractivity contribution in [3.05, 3.63) is 29.8 Å². The minimum atomic E-state index is -3.45. The van der Waals surface area contributed by atoms with Gasteiger partial charge in [-0.1, -0.05) is 24.4 Å². The SMILES string of the molecule is CSC1(CNS(=O)(=O)c2ccc(C(N)=S)cc2)CC1. The number of hydrogen-bond acceptors (Lipinski definition) is 4. The molecule has 1 fully saturated rings. The number of thioether (sulfide) groups is 1. The number of nitrogens with two attached hydrogens (primary N) is 1. The van der Waals surface area contributed by atoms with Gasteiger partial charge in [-0.3, -0.25) is 0 Å². The van der Waals surface area contributed by atoms with Gasteiger partial charge in [0.15, 0.2) is 0 Å². The van der Waals surface area contributed by atoms with Crippen LogP contribution in [0.2, 0.25) is 0 Å². The first kappa shape index (κ1) is 14.8. The quantitative estimate of drug-likeness (QED) is 0.778. The summed E-state index contributed by atoms with van der Waals surface area (Å²) in [5.41, 5.74) is 6.14. The monoisotopic (exact) mass is 316 g/mol. The van der Waals surface area contributed by atoms with Gasteiger partial charge < -0.3 is 5.73 Å². The third-order valence-corrected chi connectivity index (χ3v) is 6.35. The molecule has 3 N–H and O–H groups in total. The Morgan fingerprint density at radius 3 is 2.42 bits per heavy atom. The molecule has 1 aromatic carbocycles. The Balaban J connectivity index is 2.08. The van der Waals surface area contributed by atoms with E-state index in [1.54, 1.807) is 23.9 Å². The number of thiocarbonyl (C=S) groups is 1. The van der Waals surface area contributed by atoms with Crippen LogP contribution in [0.3, 0.4) is 0 Å². The van der Waals surface area contributed by atoms with Crippen LogP contribution < -0.4 is 10.5 Å². The molecule has 0 bridgehead atoms. The van der Waals surface area contributed by atoms with Crippen LogP contribution in [0.25, 0.3) is 0 Å². The van der Waals surface area contributed by atoms with Crippen LogP contribution in [-0.2, 0) is 10.0 Å². The van der Waals surface area contributed by atoms with E-state index in [1.807, 2.05) is 6.26 Å². The molecule has 0 radical (unpaired) electrons. The van der Waals surface area contributed by atoms with Gasteiger partial charge in [0.2, 0.25) is 10.0 Å². The van der Waals surface area contributed by atoms with Gasteiger partial charge >= 0.3 is 0 Å². The molecule has 2 rings (SSSR count). The Bertz CT molecular complexity index is 577. The average Bonchev–Trinajstić information content (AvgIpc) is 3.17. The maximum atomic E-state index is 12.1. The molecule has 1 aromatic rings. The van der Waals surface area contributed by atoms with Gasteiger partial charge in [-0.15, -0.1) is 0 Å². The Morgan fingerprint density at radius 1 is 1.42 bits per heavy atom. The van der Waals surface area contributed by atoms with Crippen LogP contribution in [-0.4, -0.2) is 31.0 Å². The third-order valence-electron chi connectivity index (χ3n) is 3.27. The third kappa shape index (κ3) is 3.47. The molecule has 4 nitrogen and oxygen atoms in total. The van der Waals surface area contributed by atoms with E-state index in [-0.39, 0.29) is 14.6 Å². The lowest BCUT2D eigenvalue weighted by Crippen LogP contribution is -2.31. The summed E-state index contributed by atoms with van der Waals surface area (Å²) in [4.78, 5) is 0.501. The molecule has 0 saturated heterocycles. The average molecular weight is 316 g/mol. The highest BCUT2D eigenvalue weighted by molar-refractivity contribution is 8.00. The number of benzene rings is 1. The van der Waals surface area contributed by atoms with Crippen LogP contribution >= 0.6 is 24.0 Å². The molecule has 0 heterocycles. The molecule has 0 unspecified atom stereocenters. The zero-order chi connectivity index (χ0) is 14.1. The fourth-order valence-electron chi connectivity index (χ4n) is 1.70. The molecule has 1 saturated carbocycles. The normalized spacial score (nSPS) is 17.1. The first-order valence-corrected chi connectivity index (χ1v) is 8.95. The van der Waals surface area contributed by atoms with Crippen molar-refractivity contribution in [2.24, 2.45) is 5.73 Å². The van der Waals surface area contributed by atoms with E-state index in [9.17, 15) is 8.42 Å². The second-order valence-corrected chi connectivity index (χ2v) is 8.08. The summed E-state index contributed by atoms with van der Waals surface area (Å²) in [6, 6.07) is 6.29. The lowest BCUT2D eigenvalue weighted by atomic mass is 10.2. The molecular formula is C12H16N2O2S3. The van der Waals surface area contributed by atoms with Crippen molar-refractivity contribution >= 4 is 39.0 Å². The molecule has 1 aliphatic carbocycles. The Morgan fingerprint density at radius 2 is 2.00 bits per heavy atom. The molecule has 0 amide bonds. The summed E-state index contributed by atoms with van der Waals surface area (Å²) in [5.74, 6) is 0. The second kappa shape index (κ2) is 5.40. The van der Waals surface area contributed by atoms with Crippen molar-refractivity contribution in [2.45, 2.75) is 22.5 Å². The first-order valence-electron chi connectivity index (χ1n) is 5.83. The van der Waals surface area contributed by atoms with E-state index in [0.29, 0.717) is 12.1 Å². The molecule has 0 atom stereocenters. The Hall–Kier alpha value is -0.630. The van der Waals surface area contributed by atoms with Crippen LogP contribution in [0.5, 0.6) is 0 Å². The van der Waals surface area contributed by atoms with E-state index in [2.05, 4.69) is 4.72 Å². The zero-order valence-electron chi connectivity index (χ0n) is 10.5. The minimum absolute atomic E-state index is 0.103. The molecule has 7 heteroatoms. The summed E-state index contributed by atoms with van der Waals surface area (Å²) < 4.78 is 27.0.